The molecule has 3 aromatic carbocycles. The Hall–Kier alpha value is -5.11. The number of nitrogens with one attached hydrogen (secondary N) is 3. The Labute approximate surface area is 234 Å². The highest BCUT2D eigenvalue weighted by Gasteiger charge is 2.47. The second-order valence-electron chi connectivity index (χ2n) is 9.80. The van der Waals surface area contributed by atoms with Crippen molar-refractivity contribution in [1.29, 1.82) is 5.26 Å². The van der Waals surface area contributed by atoms with E-state index in [1.54, 1.807) is 42.7 Å². The third kappa shape index (κ3) is 6.06. The third-order valence-electron chi connectivity index (χ3n) is 7.01. The number of carbonyl (C=O) groups excluding carboxylic acids is 3. The number of amides is 3. The number of hydrogen-bond donors (Lipinski definition) is 3. The molecular weight excluding hydrogens is 530 g/mol. The molecule has 5 rings (SSSR count). The second-order valence-corrected chi connectivity index (χ2v) is 9.80. The van der Waals surface area contributed by atoms with Crippen LogP contribution < -0.4 is 16.0 Å². The van der Waals surface area contributed by atoms with E-state index in [2.05, 4.69) is 21.0 Å². The van der Waals surface area contributed by atoms with Gasteiger partial charge in [0.25, 0.3) is 12.3 Å². The van der Waals surface area contributed by atoms with Crippen molar-refractivity contribution in [3.8, 4) is 17.2 Å². The maximum Gasteiger partial charge on any atom is 0.310 e. The average Bonchev–Trinajstić information content (AvgIpc) is 3.60. The first kappa shape index (κ1) is 27.5. The summed E-state index contributed by atoms with van der Waals surface area (Å²) in [6.45, 7) is -0.845. The zero-order chi connectivity index (χ0) is 29.0. The molecule has 3 amide bonds. The summed E-state index contributed by atoms with van der Waals surface area (Å²) in [6, 6.07) is 20.3. The fourth-order valence-electron chi connectivity index (χ4n) is 4.85. The highest BCUT2D eigenvalue weighted by atomic mass is 19.3. The molecule has 208 valence electrons. The van der Waals surface area contributed by atoms with Gasteiger partial charge in [-0.3, -0.25) is 19.1 Å². The molecule has 0 unspecified atom stereocenters. The Kier molecular flexibility index (Phi) is 7.74. The molecule has 0 atom stereocenters. The summed E-state index contributed by atoms with van der Waals surface area (Å²) in [4.78, 5) is 37.5. The number of fused-ring (bicyclic) bond motifs is 1. The second kappa shape index (κ2) is 11.6. The van der Waals surface area contributed by atoms with E-state index in [9.17, 15) is 23.2 Å². The van der Waals surface area contributed by atoms with E-state index in [-0.39, 0.29) is 19.0 Å². The molecule has 9 nitrogen and oxygen atoms in total. The fraction of sp³-hybridized carbons (Fsp3) is 0.233. The minimum Gasteiger partial charge on any atom is -0.344 e. The van der Waals surface area contributed by atoms with Gasteiger partial charge < -0.3 is 16.0 Å². The molecule has 0 aliphatic heterocycles. The van der Waals surface area contributed by atoms with Crippen LogP contribution in [0.5, 0.6) is 0 Å². The first-order valence-corrected chi connectivity index (χ1v) is 13.0. The van der Waals surface area contributed by atoms with E-state index in [1.165, 1.54) is 4.68 Å². The van der Waals surface area contributed by atoms with Gasteiger partial charge in [-0.1, -0.05) is 42.5 Å². The van der Waals surface area contributed by atoms with Gasteiger partial charge >= 0.3 is 11.8 Å². The number of hydrogen-bond acceptors (Lipinski definition) is 5. The summed E-state index contributed by atoms with van der Waals surface area (Å²) < 4.78 is 27.0. The van der Waals surface area contributed by atoms with E-state index in [0.717, 1.165) is 21.9 Å². The van der Waals surface area contributed by atoms with Crippen molar-refractivity contribution in [1.82, 2.24) is 25.7 Å². The first-order valence-electron chi connectivity index (χ1n) is 13.0. The summed E-state index contributed by atoms with van der Waals surface area (Å²) >= 11 is 0. The number of benzene rings is 3. The number of alkyl halides is 2. The van der Waals surface area contributed by atoms with Gasteiger partial charge in [-0.2, -0.15) is 10.4 Å². The summed E-state index contributed by atoms with van der Waals surface area (Å²) in [5.41, 5.74) is 2.65. The normalized spacial score (nSPS) is 13.4. The molecule has 0 spiro atoms. The quantitative estimate of drug-likeness (QED) is 0.214. The Bertz CT molecular complexity index is 1670. The molecule has 1 saturated carbocycles. The van der Waals surface area contributed by atoms with Crippen molar-refractivity contribution >= 4 is 28.5 Å². The van der Waals surface area contributed by atoms with Gasteiger partial charge in [-0.15, -0.1) is 0 Å². The van der Waals surface area contributed by atoms with Gasteiger partial charge in [0.05, 0.1) is 17.8 Å². The van der Waals surface area contributed by atoms with Crippen molar-refractivity contribution in [2.45, 2.75) is 37.9 Å². The predicted molar refractivity (Wildman–Crippen MR) is 146 cm³/mol. The Morgan fingerprint density at radius 2 is 1.73 bits per heavy atom. The minimum absolute atomic E-state index is 0.0591. The van der Waals surface area contributed by atoms with Crippen LogP contribution in [0.15, 0.2) is 73.1 Å². The zero-order valence-electron chi connectivity index (χ0n) is 21.9. The van der Waals surface area contributed by atoms with Gasteiger partial charge in [-0.25, -0.2) is 8.78 Å². The van der Waals surface area contributed by atoms with Crippen LogP contribution in [0.3, 0.4) is 0 Å². The minimum atomic E-state index is -2.52. The lowest BCUT2D eigenvalue weighted by molar-refractivity contribution is -0.139. The summed E-state index contributed by atoms with van der Waals surface area (Å²) in [5.74, 6) is -2.17. The summed E-state index contributed by atoms with van der Waals surface area (Å²) in [5, 5.41) is 22.4. The van der Waals surface area contributed by atoms with Gasteiger partial charge in [0.2, 0.25) is 0 Å². The van der Waals surface area contributed by atoms with E-state index in [4.69, 9.17) is 5.26 Å². The largest absolute Gasteiger partial charge is 0.344 e. The maximum absolute atomic E-state index is 13.6. The number of nitriles is 1. The van der Waals surface area contributed by atoms with Gasteiger partial charge in [0, 0.05) is 23.9 Å². The molecule has 1 aliphatic rings. The molecule has 0 saturated heterocycles. The van der Waals surface area contributed by atoms with E-state index in [1.807, 2.05) is 36.4 Å². The lowest BCUT2D eigenvalue weighted by Crippen LogP contribution is -2.40. The van der Waals surface area contributed by atoms with Gasteiger partial charge in [0.1, 0.15) is 13.1 Å². The van der Waals surface area contributed by atoms with Crippen molar-refractivity contribution in [2.75, 3.05) is 6.54 Å². The number of nitrogens with zero attached hydrogens (tertiary/aromatic N) is 3. The molecule has 1 heterocycles. The Morgan fingerprint density at radius 3 is 2.49 bits per heavy atom. The van der Waals surface area contributed by atoms with Gasteiger partial charge in [0.15, 0.2) is 0 Å². The van der Waals surface area contributed by atoms with Crippen molar-refractivity contribution in [3.05, 3.63) is 89.7 Å². The molecular formula is C30H26F2N6O3. The van der Waals surface area contributed by atoms with Crippen LogP contribution in [0.1, 0.15) is 34.3 Å². The van der Waals surface area contributed by atoms with Crippen LogP contribution in [0.2, 0.25) is 0 Å². The predicted octanol–water partition coefficient (Wildman–Crippen LogP) is 3.64. The molecule has 0 bridgehead atoms. The molecule has 1 aromatic heterocycles. The topological polar surface area (TPSA) is 129 Å². The number of rotatable bonds is 9. The highest BCUT2D eigenvalue weighted by molar-refractivity contribution is 6.35. The molecule has 1 aliphatic carbocycles. The molecule has 1 fully saturated rings. The summed E-state index contributed by atoms with van der Waals surface area (Å²) in [7, 11) is 0. The Morgan fingerprint density at radius 1 is 1.00 bits per heavy atom. The van der Waals surface area contributed by atoms with Crippen LogP contribution in [-0.2, 0) is 28.2 Å². The number of aromatic nitrogens is 2. The van der Waals surface area contributed by atoms with Gasteiger partial charge in [-0.05, 0) is 58.5 Å². The van der Waals surface area contributed by atoms with E-state index >= 15 is 0 Å². The van der Waals surface area contributed by atoms with Crippen LogP contribution in [0, 0.1) is 11.3 Å². The van der Waals surface area contributed by atoms with Crippen molar-refractivity contribution in [3.63, 3.8) is 0 Å². The number of halogens is 2. The lowest BCUT2D eigenvalue weighted by Gasteiger charge is -2.22. The molecule has 41 heavy (non-hydrogen) atoms. The third-order valence-corrected chi connectivity index (χ3v) is 7.01. The first-order chi connectivity index (χ1) is 19.8. The SMILES string of the molecule is N#CCNC(=O)C(=O)NCc1ccccc1C(=O)NC1(c2cc(-c3cnn(CC(F)F)c3)cc3ccccc23)CC1. The fourth-order valence-corrected chi connectivity index (χ4v) is 4.85. The van der Waals surface area contributed by atoms with Crippen molar-refractivity contribution in [2.24, 2.45) is 0 Å². The molecule has 3 N–H and O–H groups in total. The maximum atomic E-state index is 13.6. The van der Waals surface area contributed by atoms with Crippen molar-refractivity contribution < 1.29 is 23.2 Å². The summed E-state index contributed by atoms with van der Waals surface area (Å²) in [6.07, 6.45) is 2.03. The van der Waals surface area contributed by atoms with E-state index in [0.29, 0.717) is 29.5 Å². The Balaban J connectivity index is 1.40. The zero-order valence-corrected chi connectivity index (χ0v) is 21.9. The number of carbonyl (C=O) groups is 3. The average molecular weight is 557 g/mol. The van der Waals surface area contributed by atoms with Crippen LogP contribution in [-0.4, -0.2) is 40.5 Å². The van der Waals surface area contributed by atoms with E-state index < -0.39 is 30.3 Å². The molecule has 0 radical (unpaired) electrons. The molecule has 4 aromatic rings. The van der Waals surface area contributed by atoms with Crippen LogP contribution in [0.4, 0.5) is 8.78 Å². The lowest BCUT2D eigenvalue weighted by atomic mass is 9.92. The van der Waals surface area contributed by atoms with Crippen LogP contribution >= 0.6 is 0 Å². The monoisotopic (exact) mass is 556 g/mol. The van der Waals surface area contributed by atoms with Crippen LogP contribution in [0.25, 0.3) is 21.9 Å². The highest BCUT2D eigenvalue weighted by Crippen LogP contribution is 2.49. The standard InChI is InChI=1S/C30H26F2N6O3/c31-26(32)18-38-17-22(16-36-38)21-13-19-5-1-3-7-23(19)25(14-21)30(9-10-30)37-27(39)24-8-4-2-6-20(24)15-35-29(41)28(40)34-12-11-33/h1-8,13-14,16-17,26H,9-10,12,15,18H2,(H,34,40)(H,35,41)(H,37,39). The smallest absolute Gasteiger partial charge is 0.310 e. The molecule has 11 heteroatoms.